The third-order valence-electron chi connectivity index (χ3n) is 3.60. The molecule has 0 saturated heterocycles. The molecule has 0 fully saturated rings. The minimum atomic E-state index is -3.43. The molecule has 0 aliphatic heterocycles. The second-order valence-electron chi connectivity index (χ2n) is 5.18. The minimum Gasteiger partial charge on any atom is -0.311 e. The highest BCUT2D eigenvalue weighted by Gasteiger charge is 2.15. The lowest BCUT2D eigenvalue weighted by Crippen LogP contribution is -2.39. The van der Waals surface area contributed by atoms with Gasteiger partial charge in [0.05, 0.1) is 10.9 Å². The maximum Gasteiger partial charge on any atom is 0.240 e. The average Bonchev–Trinajstić information content (AvgIpc) is 3.06. The van der Waals surface area contributed by atoms with Crippen molar-refractivity contribution < 1.29 is 8.42 Å². The van der Waals surface area contributed by atoms with Gasteiger partial charge in [-0.05, 0) is 32.0 Å². The van der Waals surface area contributed by atoms with Crippen LogP contribution in [0.1, 0.15) is 19.9 Å². The van der Waals surface area contributed by atoms with Gasteiger partial charge in [0.15, 0.2) is 0 Å². The van der Waals surface area contributed by atoms with Crippen LogP contribution in [0.3, 0.4) is 0 Å². The molecule has 0 unspecified atom stereocenters. The second kappa shape index (κ2) is 7.53. The first-order valence-electron chi connectivity index (χ1n) is 7.28. The Morgan fingerprint density at radius 2 is 1.86 bits per heavy atom. The van der Waals surface area contributed by atoms with Gasteiger partial charge in [-0.1, -0.05) is 18.2 Å². The fourth-order valence-corrected chi connectivity index (χ4v) is 3.14. The molecular weight excluding hydrogens is 300 g/mol. The molecule has 2 aromatic rings. The van der Waals surface area contributed by atoms with Crippen molar-refractivity contribution in [2.24, 2.45) is 0 Å². The van der Waals surface area contributed by atoms with Gasteiger partial charge in [-0.15, -0.1) is 0 Å². The molecule has 0 amide bonds. The molecule has 2 N–H and O–H groups in total. The van der Waals surface area contributed by atoms with Gasteiger partial charge in [-0.3, -0.25) is 4.68 Å². The number of benzene rings is 1. The number of nitrogens with zero attached hydrogens (tertiary/aromatic N) is 2. The number of sulfonamides is 1. The van der Waals surface area contributed by atoms with E-state index < -0.39 is 10.0 Å². The van der Waals surface area contributed by atoms with Crippen molar-refractivity contribution in [1.29, 1.82) is 0 Å². The SMILES string of the molecule is C[C@H](NCCNS(=O)(=O)c1ccccc1)[C@@H](C)n1cccn1. The first-order valence-corrected chi connectivity index (χ1v) is 8.76. The topological polar surface area (TPSA) is 76.0 Å². The van der Waals surface area contributed by atoms with Crippen molar-refractivity contribution in [3.05, 3.63) is 48.8 Å². The van der Waals surface area contributed by atoms with Gasteiger partial charge in [0.2, 0.25) is 10.0 Å². The molecule has 2 atom stereocenters. The third-order valence-corrected chi connectivity index (χ3v) is 5.08. The van der Waals surface area contributed by atoms with Gasteiger partial charge < -0.3 is 5.32 Å². The average molecular weight is 322 g/mol. The molecule has 0 aliphatic carbocycles. The standard InChI is InChI=1S/C15H22N4O2S/c1-13(14(2)19-12-6-9-17-19)16-10-11-18-22(20,21)15-7-4-3-5-8-15/h3-9,12-14,16,18H,10-11H2,1-2H3/t13-,14+/m0/s1. The van der Waals surface area contributed by atoms with Crippen LogP contribution >= 0.6 is 0 Å². The van der Waals surface area contributed by atoms with E-state index in [9.17, 15) is 8.42 Å². The minimum absolute atomic E-state index is 0.182. The first kappa shape index (κ1) is 16.7. The molecule has 0 radical (unpaired) electrons. The number of rotatable bonds is 8. The van der Waals surface area contributed by atoms with Gasteiger partial charge in [0.1, 0.15) is 0 Å². The fourth-order valence-electron chi connectivity index (χ4n) is 2.09. The normalized spacial score (nSPS) is 14.6. The summed E-state index contributed by atoms with van der Waals surface area (Å²) in [6, 6.07) is 10.6. The molecule has 1 aromatic heterocycles. The lowest BCUT2D eigenvalue weighted by atomic mass is 10.2. The molecule has 1 heterocycles. The summed E-state index contributed by atoms with van der Waals surface area (Å²) >= 11 is 0. The van der Waals surface area contributed by atoms with E-state index in [0.29, 0.717) is 13.1 Å². The van der Waals surface area contributed by atoms with Crippen molar-refractivity contribution in [3.63, 3.8) is 0 Å². The van der Waals surface area contributed by atoms with Crippen LogP contribution in [0, 0.1) is 0 Å². The summed E-state index contributed by atoms with van der Waals surface area (Å²) in [6.45, 7) is 5.02. The molecule has 7 heteroatoms. The summed E-state index contributed by atoms with van der Waals surface area (Å²) in [7, 11) is -3.43. The number of hydrogen-bond acceptors (Lipinski definition) is 4. The maximum absolute atomic E-state index is 12.0. The zero-order valence-electron chi connectivity index (χ0n) is 12.8. The monoisotopic (exact) mass is 322 g/mol. The van der Waals surface area contributed by atoms with Crippen LogP contribution in [0.2, 0.25) is 0 Å². The molecule has 0 saturated carbocycles. The Labute approximate surface area is 131 Å². The molecule has 1 aromatic carbocycles. The number of aromatic nitrogens is 2. The van der Waals surface area contributed by atoms with Gasteiger partial charge >= 0.3 is 0 Å². The van der Waals surface area contributed by atoms with E-state index in [4.69, 9.17) is 0 Å². The van der Waals surface area contributed by atoms with Crippen LogP contribution < -0.4 is 10.0 Å². The van der Waals surface area contributed by atoms with Crippen molar-refractivity contribution in [1.82, 2.24) is 19.8 Å². The van der Waals surface area contributed by atoms with Gasteiger partial charge in [0.25, 0.3) is 0 Å². The molecule has 2 rings (SSSR count). The molecule has 22 heavy (non-hydrogen) atoms. The Morgan fingerprint density at radius 1 is 1.14 bits per heavy atom. The predicted molar refractivity (Wildman–Crippen MR) is 86.0 cm³/mol. The van der Waals surface area contributed by atoms with Crippen LogP contribution in [-0.4, -0.2) is 37.3 Å². The van der Waals surface area contributed by atoms with Gasteiger partial charge in [-0.2, -0.15) is 5.10 Å². The smallest absolute Gasteiger partial charge is 0.240 e. The highest BCUT2D eigenvalue weighted by molar-refractivity contribution is 7.89. The molecule has 0 aliphatic rings. The summed E-state index contributed by atoms with van der Waals surface area (Å²) in [5.74, 6) is 0. The highest BCUT2D eigenvalue weighted by Crippen LogP contribution is 2.09. The first-order chi connectivity index (χ1) is 10.5. The Hall–Kier alpha value is -1.70. The van der Waals surface area contributed by atoms with Crippen LogP contribution in [0.15, 0.2) is 53.7 Å². The summed E-state index contributed by atoms with van der Waals surface area (Å²) < 4.78 is 28.6. The van der Waals surface area contributed by atoms with E-state index in [0.717, 1.165) is 0 Å². The van der Waals surface area contributed by atoms with Gasteiger partial charge in [0, 0.05) is 31.5 Å². The molecule has 0 spiro atoms. The number of hydrogen-bond donors (Lipinski definition) is 2. The number of nitrogens with one attached hydrogen (secondary N) is 2. The van der Waals surface area contributed by atoms with Crippen LogP contribution in [0.5, 0.6) is 0 Å². The van der Waals surface area contributed by atoms with Crippen LogP contribution in [0.25, 0.3) is 0 Å². The molecule has 0 bridgehead atoms. The van der Waals surface area contributed by atoms with Crippen molar-refractivity contribution >= 4 is 10.0 Å². The van der Waals surface area contributed by atoms with E-state index in [1.54, 1.807) is 36.5 Å². The van der Waals surface area contributed by atoms with Crippen molar-refractivity contribution in [2.45, 2.75) is 30.8 Å². The largest absolute Gasteiger partial charge is 0.311 e. The quantitative estimate of drug-likeness (QED) is 0.720. The Kier molecular flexibility index (Phi) is 5.70. The van der Waals surface area contributed by atoms with Crippen LogP contribution in [0.4, 0.5) is 0 Å². The zero-order chi connectivity index (χ0) is 16.0. The lowest BCUT2D eigenvalue weighted by molar-refractivity contribution is 0.368. The predicted octanol–water partition coefficient (Wildman–Crippen LogP) is 1.40. The van der Waals surface area contributed by atoms with E-state index in [2.05, 4.69) is 29.0 Å². The zero-order valence-corrected chi connectivity index (χ0v) is 13.6. The Balaban J connectivity index is 1.77. The van der Waals surface area contributed by atoms with E-state index in [-0.39, 0.29) is 17.0 Å². The fraction of sp³-hybridized carbons (Fsp3) is 0.400. The highest BCUT2D eigenvalue weighted by atomic mass is 32.2. The van der Waals surface area contributed by atoms with Crippen molar-refractivity contribution in [2.75, 3.05) is 13.1 Å². The molecule has 6 nitrogen and oxygen atoms in total. The third kappa shape index (κ3) is 4.40. The summed E-state index contributed by atoms with van der Waals surface area (Å²) in [4.78, 5) is 0.285. The lowest BCUT2D eigenvalue weighted by Gasteiger charge is -2.21. The molecular formula is C15H22N4O2S. The summed E-state index contributed by atoms with van der Waals surface area (Å²) in [5.41, 5.74) is 0. The van der Waals surface area contributed by atoms with E-state index >= 15 is 0 Å². The van der Waals surface area contributed by atoms with Crippen LogP contribution in [-0.2, 0) is 10.0 Å². The Morgan fingerprint density at radius 3 is 2.50 bits per heavy atom. The van der Waals surface area contributed by atoms with Gasteiger partial charge in [-0.25, -0.2) is 13.1 Å². The Bertz CT molecular complexity index is 656. The maximum atomic E-state index is 12.0. The molecule has 120 valence electrons. The second-order valence-corrected chi connectivity index (χ2v) is 6.95. The van der Waals surface area contributed by atoms with Crippen molar-refractivity contribution in [3.8, 4) is 0 Å². The van der Waals surface area contributed by atoms with E-state index in [1.807, 2.05) is 16.9 Å². The van der Waals surface area contributed by atoms with E-state index in [1.165, 1.54) is 0 Å². The summed E-state index contributed by atoms with van der Waals surface area (Å²) in [6.07, 6.45) is 3.66. The summed E-state index contributed by atoms with van der Waals surface area (Å²) in [5, 5.41) is 7.52.